The van der Waals surface area contributed by atoms with Gasteiger partial charge in [0.15, 0.2) is 0 Å². The lowest BCUT2D eigenvalue weighted by Crippen LogP contribution is -2.53. The molecular weight excluding hydrogens is 278 g/mol. The molecule has 122 valence electrons. The molecule has 0 fully saturated rings. The maximum Gasteiger partial charge on any atom is 0.0832 e. The number of hydrogen-bond acceptors (Lipinski definition) is 3. The Labute approximate surface area is 135 Å². The molecule has 0 aliphatic rings. The van der Waals surface area contributed by atoms with E-state index < -0.39 is 0 Å². The van der Waals surface area contributed by atoms with E-state index in [0.717, 1.165) is 45.3 Å². The highest BCUT2D eigenvalue weighted by Gasteiger charge is 2.36. The van der Waals surface area contributed by atoms with Crippen molar-refractivity contribution in [2.45, 2.75) is 78.4 Å². The molecule has 1 N–H and O–H groups in total. The highest BCUT2D eigenvalue weighted by molar-refractivity contribution is 7.11. The zero-order valence-electron chi connectivity index (χ0n) is 14.5. The van der Waals surface area contributed by atoms with Crippen LogP contribution >= 0.6 is 11.3 Å². The number of thiophene rings is 1. The summed E-state index contributed by atoms with van der Waals surface area (Å²) in [5.41, 5.74) is -0.0414. The van der Waals surface area contributed by atoms with Gasteiger partial charge in [-0.25, -0.2) is 0 Å². The maximum atomic E-state index is 6.23. The van der Waals surface area contributed by atoms with Crippen LogP contribution in [-0.4, -0.2) is 24.8 Å². The molecule has 2 nitrogen and oxygen atoms in total. The van der Waals surface area contributed by atoms with E-state index in [4.69, 9.17) is 4.74 Å². The molecule has 0 aliphatic carbocycles. The van der Waals surface area contributed by atoms with Crippen molar-refractivity contribution in [1.29, 1.82) is 0 Å². The van der Waals surface area contributed by atoms with Crippen LogP contribution in [0.3, 0.4) is 0 Å². The fourth-order valence-electron chi connectivity index (χ4n) is 3.02. The quantitative estimate of drug-likeness (QED) is 0.633. The minimum Gasteiger partial charge on any atom is -0.374 e. The van der Waals surface area contributed by atoms with Crippen molar-refractivity contribution in [3.63, 3.8) is 0 Å². The summed E-state index contributed by atoms with van der Waals surface area (Å²) in [4.78, 5) is 2.96. The van der Waals surface area contributed by atoms with E-state index >= 15 is 0 Å². The summed E-state index contributed by atoms with van der Waals surface area (Å²) in [5, 5.41) is 3.75. The standard InChI is InChI=1S/C18H33NOS/c1-6-13-19-17(18(8-3,9-4)20-10-5)14-16-12-11-15(7-2)21-16/h11-12,17,19H,6-10,13-14H2,1-5H3. The molecule has 1 heterocycles. The molecule has 1 atom stereocenters. The van der Waals surface area contributed by atoms with Crippen molar-refractivity contribution in [3.8, 4) is 0 Å². The van der Waals surface area contributed by atoms with E-state index in [1.165, 1.54) is 9.75 Å². The summed E-state index contributed by atoms with van der Waals surface area (Å²) >= 11 is 1.95. The van der Waals surface area contributed by atoms with Gasteiger partial charge in [-0.15, -0.1) is 11.3 Å². The fraction of sp³-hybridized carbons (Fsp3) is 0.778. The van der Waals surface area contributed by atoms with E-state index in [1.807, 2.05) is 11.3 Å². The predicted molar refractivity (Wildman–Crippen MR) is 94.4 cm³/mol. The average molecular weight is 312 g/mol. The van der Waals surface area contributed by atoms with Gasteiger partial charge < -0.3 is 10.1 Å². The molecule has 1 aromatic rings. The van der Waals surface area contributed by atoms with Gasteiger partial charge in [0.1, 0.15) is 0 Å². The molecule has 0 saturated heterocycles. The lowest BCUT2D eigenvalue weighted by molar-refractivity contribution is -0.0716. The molecule has 1 unspecified atom stereocenters. The topological polar surface area (TPSA) is 21.3 Å². The first kappa shape index (κ1) is 18.7. The summed E-state index contributed by atoms with van der Waals surface area (Å²) in [6, 6.07) is 4.97. The molecule has 1 rings (SSSR count). The molecule has 0 aromatic carbocycles. The summed E-state index contributed by atoms with van der Waals surface area (Å²) in [6.45, 7) is 12.9. The molecule has 0 radical (unpaired) electrons. The third kappa shape index (κ3) is 5.08. The normalized spacial score (nSPS) is 13.6. The van der Waals surface area contributed by atoms with Crippen molar-refractivity contribution >= 4 is 11.3 Å². The Hall–Kier alpha value is -0.380. The molecular formula is C18H33NOS. The molecule has 0 bridgehead atoms. The highest BCUT2D eigenvalue weighted by Crippen LogP contribution is 2.29. The van der Waals surface area contributed by atoms with Crippen LogP contribution < -0.4 is 5.32 Å². The van der Waals surface area contributed by atoms with E-state index in [2.05, 4.69) is 52.1 Å². The van der Waals surface area contributed by atoms with Crippen LogP contribution in [0.2, 0.25) is 0 Å². The molecule has 0 aliphatic heterocycles. The van der Waals surface area contributed by atoms with Gasteiger partial charge >= 0.3 is 0 Å². The number of nitrogens with one attached hydrogen (secondary N) is 1. The van der Waals surface area contributed by atoms with Crippen molar-refractivity contribution in [2.24, 2.45) is 0 Å². The fourth-order valence-corrected chi connectivity index (χ4v) is 4.02. The molecule has 0 spiro atoms. The van der Waals surface area contributed by atoms with Crippen molar-refractivity contribution in [1.82, 2.24) is 5.32 Å². The van der Waals surface area contributed by atoms with Gasteiger partial charge in [0.2, 0.25) is 0 Å². The van der Waals surface area contributed by atoms with Crippen LogP contribution in [0.25, 0.3) is 0 Å². The van der Waals surface area contributed by atoms with Crippen LogP contribution in [0.1, 0.15) is 63.6 Å². The van der Waals surface area contributed by atoms with Gasteiger partial charge in [-0.05, 0) is 57.7 Å². The summed E-state index contributed by atoms with van der Waals surface area (Å²) in [5.74, 6) is 0. The Bertz CT molecular complexity index is 384. The van der Waals surface area contributed by atoms with Crippen LogP contribution in [0.5, 0.6) is 0 Å². The van der Waals surface area contributed by atoms with Crippen molar-refractivity contribution in [2.75, 3.05) is 13.2 Å². The Balaban J connectivity index is 2.90. The first-order chi connectivity index (χ1) is 10.2. The van der Waals surface area contributed by atoms with E-state index in [9.17, 15) is 0 Å². The Kier molecular flexibility index (Phi) is 8.53. The van der Waals surface area contributed by atoms with Crippen LogP contribution in [0.15, 0.2) is 12.1 Å². The van der Waals surface area contributed by atoms with Gasteiger partial charge in [0.05, 0.1) is 5.60 Å². The number of rotatable bonds is 11. The van der Waals surface area contributed by atoms with Gasteiger partial charge in [0.25, 0.3) is 0 Å². The third-order valence-corrected chi connectivity index (χ3v) is 5.63. The second kappa shape index (κ2) is 9.60. The van der Waals surface area contributed by atoms with E-state index in [0.29, 0.717) is 6.04 Å². The lowest BCUT2D eigenvalue weighted by Gasteiger charge is -2.40. The second-order valence-corrected chi connectivity index (χ2v) is 6.89. The van der Waals surface area contributed by atoms with Crippen LogP contribution in [0.4, 0.5) is 0 Å². The zero-order chi connectivity index (χ0) is 15.7. The molecule has 0 saturated carbocycles. The smallest absolute Gasteiger partial charge is 0.0832 e. The number of hydrogen-bond donors (Lipinski definition) is 1. The molecule has 21 heavy (non-hydrogen) atoms. The predicted octanol–water partition coefficient (Wildman–Crippen LogP) is 4.82. The van der Waals surface area contributed by atoms with Gasteiger partial charge in [0, 0.05) is 22.4 Å². The maximum absolute atomic E-state index is 6.23. The second-order valence-electron chi connectivity index (χ2n) is 5.64. The largest absolute Gasteiger partial charge is 0.374 e. The lowest BCUT2D eigenvalue weighted by atomic mass is 9.85. The zero-order valence-corrected chi connectivity index (χ0v) is 15.3. The Morgan fingerprint density at radius 1 is 1.10 bits per heavy atom. The summed E-state index contributed by atoms with van der Waals surface area (Å²) < 4.78 is 6.23. The molecule has 1 aromatic heterocycles. The SMILES string of the molecule is CCCNC(Cc1ccc(CC)s1)C(CC)(CC)OCC. The minimum atomic E-state index is -0.0414. The number of aryl methyl sites for hydroxylation is 1. The average Bonchev–Trinajstić information content (AvgIpc) is 2.97. The first-order valence-corrected chi connectivity index (χ1v) is 9.42. The van der Waals surface area contributed by atoms with Crippen LogP contribution in [-0.2, 0) is 17.6 Å². The molecule has 3 heteroatoms. The summed E-state index contributed by atoms with van der Waals surface area (Å²) in [7, 11) is 0. The third-order valence-electron chi connectivity index (χ3n) is 4.38. The Morgan fingerprint density at radius 2 is 1.76 bits per heavy atom. The van der Waals surface area contributed by atoms with Gasteiger partial charge in [-0.1, -0.05) is 27.7 Å². The van der Waals surface area contributed by atoms with E-state index in [-0.39, 0.29) is 5.60 Å². The van der Waals surface area contributed by atoms with Gasteiger partial charge in [-0.3, -0.25) is 0 Å². The highest BCUT2D eigenvalue weighted by atomic mass is 32.1. The van der Waals surface area contributed by atoms with Crippen molar-refractivity contribution < 1.29 is 4.74 Å². The summed E-state index contributed by atoms with van der Waals surface area (Å²) in [6.07, 6.45) is 5.49. The van der Waals surface area contributed by atoms with Crippen LogP contribution in [0, 0.1) is 0 Å². The van der Waals surface area contributed by atoms with Crippen molar-refractivity contribution in [3.05, 3.63) is 21.9 Å². The van der Waals surface area contributed by atoms with Gasteiger partial charge in [-0.2, -0.15) is 0 Å². The number of ether oxygens (including phenoxy) is 1. The first-order valence-electron chi connectivity index (χ1n) is 8.60. The monoisotopic (exact) mass is 311 g/mol. The minimum absolute atomic E-state index is 0.0414. The van der Waals surface area contributed by atoms with E-state index in [1.54, 1.807) is 0 Å². The molecule has 0 amide bonds. The Morgan fingerprint density at radius 3 is 2.24 bits per heavy atom.